The molecule has 0 aliphatic heterocycles. The highest BCUT2D eigenvalue weighted by Gasteiger charge is 2.12. The summed E-state index contributed by atoms with van der Waals surface area (Å²) in [5.74, 6) is -1.21. The normalized spacial score (nSPS) is 10.7. The van der Waals surface area contributed by atoms with Crippen molar-refractivity contribution in [2.75, 3.05) is 6.54 Å². The minimum atomic E-state index is -0.931. The third-order valence-electron chi connectivity index (χ3n) is 3.22. The van der Waals surface area contributed by atoms with Crippen LogP contribution in [0.5, 0.6) is 0 Å². The highest BCUT2D eigenvalue weighted by Crippen LogP contribution is 2.12. The first kappa shape index (κ1) is 17.0. The van der Waals surface area contributed by atoms with Crippen LogP contribution in [0.15, 0.2) is 18.5 Å². The van der Waals surface area contributed by atoms with Gasteiger partial charge in [-0.25, -0.2) is 0 Å². The van der Waals surface area contributed by atoms with Crippen LogP contribution in [-0.4, -0.2) is 43.1 Å². The fourth-order valence-electron chi connectivity index (χ4n) is 2.05. The molecule has 0 radical (unpaired) electrons. The van der Waals surface area contributed by atoms with Crippen molar-refractivity contribution >= 4 is 23.5 Å². The summed E-state index contributed by atoms with van der Waals surface area (Å²) in [7, 11) is 0. The average molecular weight is 340 g/mol. The molecule has 0 unspecified atom stereocenters. The van der Waals surface area contributed by atoms with Crippen LogP contribution in [0, 0.1) is 6.92 Å². The predicted molar refractivity (Wildman–Crippen MR) is 83.4 cm³/mol. The number of nitrogens with zero attached hydrogens (tertiary/aromatic N) is 4. The molecule has 0 aliphatic carbocycles. The van der Waals surface area contributed by atoms with E-state index in [0.717, 1.165) is 5.69 Å². The lowest BCUT2D eigenvalue weighted by molar-refractivity contribution is -0.137. The Morgan fingerprint density at radius 3 is 2.83 bits per heavy atom. The van der Waals surface area contributed by atoms with Gasteiger partial charge >= 0.3 is 5.97 Å². The number of aromatic nitrogens is 4. The predicted octanol–water partition coefficient (Wildman–Crippen LogP) is 1.34. The van der Waals surface area contributed by atoms with Crippen LogP contribution in [0.4, 0.5) is 0 Å². The number of carbonyl (C=O) groups excluding carboxylic acids is 1. The maximum Gasteiger partial charge on any atom is 0.305 e. The minimum Gasteiger partial charge on any atom is -0.481 e. The molecule has 0 saturated carbocycles. The molecule has 23 heavy (non-hydrogen) atoms. The van der Waals surface area contributed by atoms with Crippen LogP contribution >= 0.6 is 11.6 Å². The number of carboxylic acid groups (broad SMARTS) is 1. The van der Waals surface area contributed by atoms with Gasteiger partial charge in [0.05, 0.1) is 23.7 Å². The van der Waals surface area contributed by atoms with Gasteiger partial charge in [-0.15, -0.1) is 0 Å². The molecule has 2 rings (SSSR count). The molecule has 0 bridgehead atoms. The summed E-state index contributed by atoms with van der Waals surface area (Å²) >= 11 is 5.92. The van der Waals surface area contributed by atoms with E-state index >= 15 is 0 Å². The summed E-state index contributed by atoms with van der Waals surface area (Å²) in [6.07, 6.45) is 3.85. The zero-order valence-corrected chi connectivity index (χ0v) is 13.5. The zero-order chi connectivity index (χ0) is 16.8. The summed E-state index contributed by atoms with van der Waals surface area (Å²) in [6.45, 7) is 3.11. The van der Waals surface area contributed by atoms with Gasteiger partial charge in [0, 0.05) is 25.5 Å². The van der Waals surface area contributed by atoms with E-state index in [1.807, 2.05) is 6.92 Å². The Morgan fingerprint density at radius 2 is 2.17 bits per heavy atom. The van der Waals surface area contributed by atoms with Gasteiger partial charge in [-0.3, -0.25) is 19.0 Å². The smallest absolute Gasteiger partial charge is 0.305 e. The van der Waals surface area contributed by atoms with E-state index in [2.05, 4.69) is 15.5 Å². The third-order valence-corrected chi connectivity index (χ3v) is 3.59. The molecular formula is C14H18ClN5O3. The van der Waals surface area contributed by atoms with Crippen molar-refractivity contribution in [2.45, 2.75) is 32.9 Å². The summed E-state index contributed by atoms with van der Waals surface area (Å²) < 4.78 is 3.13. The van der Waals surface area contributed by atoms with Gasteiger partial charge in [-0.2, -0.15) is 10.2 Å². The SMILES string of the molecule is Cc1nn(CCCNC(=O)c2ccnn2CCC(=O)O)cc1Cl. The van der Waals surface area contributed by atoms with E-state index in [0.29, 0.717) is 30.2 Å². The third kappa shape index (κ3) is 4.82. The lowest BCUT2D eigenvalue weighted by Crippen LogP contribution is -2.28. The molecule has 2 heterocycles. The Kier molecular flexibility index (Phi) is 5.75. The molecule has 8 nitrogen and oxygen atoms in total. The molecule has 9 heteroatoms. The van der Waals surface area contributed by atoms with E-state index in [1.165, 1.54) is 10.9 Å². The van der Waals surface area contributed by atoms with Crippen molar-refractivity contribution in [1.29, 1.82) is 0 Å². The first-order valence-electron chi connectivity index (χ1n) is 7.18. The van der Waals surface area contributed by atoms with Crippen molar-refractivity contribution in [2.24, 2.45) is 0 Å². The number of hydrogen-bond acceptors (Lipinski definition) is 4. The van der Waals surface area contributed by atoms with E-state index in [4.69, 9.17) is 16.7 Å². The lowest BCUT2D eigenvalue weighted by atomic mass is 10.3. The van der Waals surface area contributed by atoms with Gasteiger partial charge in [0.2, 0.25) is 0 Å². The number of amides is 1. The van der Waals surface area contributed by atoms with Gasteiger partial charge < -0.3 is 10.4 Å². The second-order valence-electron chi connectivity index (χ2n) is 5.02. The minimum absolute atomic E-state index is 0.0820. The molecule has 0 atom stereocenters. The average Bonchev–Trinajstić information content (AvgIpc) is 3.08. The number of hydrogen-bond donors (Lipinski definition) is 2. The van der Waals surface area contributed by atoms with Crippen molar-refractivity contribution in [1.82, 2.24) is 24.9 Å². The van der Waals surface area contributed by atoms with Gasteiger partial charge in [0.25, 0.3) is 5.91 Å². The fraction of sp³-hybridized carbons (Fsp3) is 0.429. The van der Waals surface area contributed by atoms with Gasteiger partial charge in [0.15, 0.2) is 0 Å². The summed E-state index contributed by atoms with van der Waals surface area (Å²) in [6, 6.07) is 1.56. The number of aliphatic carboxylic acids is 1. The first-order chi connectivity index (χ1) is 11.0. The molecule has 0 aromatic carbocycles. The van der Waals surface area contributed by atoms with Crippen LogP contribution in [0.3, 0.4) is 0 Å². The van der Waals surface area contributed by atoms with Gasteiger partial charge in [0.1, 0.15) is 5.69 Å². The lowest BCUT2D eigenvalue weighted by Gasteiger charge is -2.07. The van der Waals surface area contributed by atoms with Gasteiger partial charge in [-0.1, -0.05) is 11.6 Å². The molecule has 2 N–H and O–H groups in total. The molecule has 0 aliphatic rings. The van der Waals surface area contributed by atoms with Crippen molar-refractivity contribution in [3.8, 4) is 0 Å². The Bertz CT molecular complexity index is 675. The molecular weight excluding hydrogens is 322 g/mol. The molecule has 1 amide bonds. The quantitative estimate of drug-likeness (QED) is 0.706. The van der Waals surface area contributed by atoms with Crippen molar-refractivity contribution < 1.29 is 14.7 Å². The topological polar surface area (TPSA) is 102 Å². The second kappa shape index (κ2) is 7.77. The molecule has 0 spiro atoms. The number of carboxylic acids is 1. The van der Waals surface area contributed by atoms with Crippen LogP contribution in [0.25, 0.3) is 0 Å². The van der Waals surface area contributed by atoms with E-state index in [9.17, 15) is 9.59 Å². The van der Waals surface area contributed by atoms with Crippen molar-refractivity contribution in [3.05, 3.63) is 34.9 Å². The number of aryl methyl sites for hydroxylation is 3. The number of halogens is 1. The van der Waals surface area contributed by atoms with E-state index in [1.54, 1.807) is 16.9 Å². The first-order valence-corrected chi connectivity index (χ1v) is 7.56. The van der Waals surface area contributed by atoms with Crippen LogP contribution < -0.4 is 5.32 Å². The molecule has 2 aromatic heterocycles. The second-order valence-corrected chi connectivity index (χ2v) is 5.43. The Morgan fingerprint density at radius 1 is 1.39 bits per heavy atom. The van der Waals surface area contributed by atoms with Crippen molar-refractivity contribution in [3.63, 3.8) is 0 Å². The van der Waals surface area contributed by atoms with Crippen LogP contribution in [-0.2, 0) is 17.9 Å². The highest BCUT2D eigenvalue weighted by atomic mass is 35.5. The van der Waals surface area contributed by atoms with Crippen LogP contribution in [0.2, 0.25) is 5.02 Å². The Balaban J connectivity index is 1.78. The highest BCUT2D eigenvalue weighted by molar-refractivity contribution is 6.31. The maximum atomic E-state index is 12.1. The molecule has 124 valence electrons. The van der Waals surface area contributed by atoms with E-state index < -0.39 is 5.97 Å². The number of carbonyl (C=O) groups is 2. The number of rotatable bonds is 8. The molecule has 0 saturated heterocycles. The molecule has 0 fully saturated rings. The monoisotopic (exact) mass is 339 g/mol. The standard InChI is InChI=1S/C14H18ClN5O3/c1-10-11(15)9-19(18-10)7-2-5-16-14(23)12-3-6-17-20(12)8-4-13(21)22/h3,6,9H,2,4-5,7-8H2,1H3,(H,16,23)(H,21,22). The van der Waals surface area contributed by atoms with Gasteiger partial charge in [-0.05, 0) is 19.4 Å². The molecule has 2 aromatic rings. The summed E-state index contributed by atoms with van der Waals surface area (Å²) in [4.78, 5) is 22.7. The Labute approximate surface area is 138 Å². The zero-order valence-electron chi connectivity index (χ0n) is 12.7. The maximum absolute atomic E-state index is 12.1. The fourth-order valence-corrected chi connectivity index (χ4v) is 2.20. The summed E-state index contributed by atoms with van der Waals surface area (Å²) in [5, 5.41) is 20.3. The number of nitrogens with one attached hydrogen (secondary N) is 1. The summed E-state index contributed by atoms with van der Waals surface area (Å²) in [5.41, 5.74) is 1.13. The van der Waals surface area contributed by atoms with Crippen LogP contribution in [0.1, 0.15) is 29.0 Å². The van der Waals surface area contributed by atoms with E-state index in [-0.39, 0.29) is 18.9 Å². The Hall–Kier alpha value is -2.35. The largest absolute Gasteiger partial charge is 0.481 e.